The molecule has 2 N–H and O–H groups in total. The number of hydrogen-bond donors (Lipinski definition) is 2. The van der Waals surface area contributed by atoms with Crippen LogP contribution in [0.25, 0.3) is 0 Å². The molecule has 3 aromatic rings. The summed E-state index contributed by atoms with van der Waals surface area (Å²) in [6.07, 6.45) is -0.418. The molecule has 220 valence electrons. The van der Waals surface area contributed by atoms with Gasteiger partial charge in [-0.25, -0.2) is 14.8 Å². The predicted octanol–water partition coefficient (Wildman–Crippen LogP) is 2.63. The van der Waals surface area contributed by atoms with Crippen LogP contribution in [0.2, 0.25) is 0 Å². The normalized spacial score (nSPS) is 19.3. The largest absolute Gasteiger partial charge is 0.508 e. The van der Waals surface area contributed by atoms with Gasteiger partial charge in [-0.3, -0.25) is 9.59 Å². The molecule has 0 radical (unpaired) electrons. The van der Waals surface area contributed by atoms with Crippen LogP contribution in [0.5, 0.6) is 5.75 Å². The van der Waals surface area contributed by atoms with E-state index in [1.807, 2.05) is 56.6 Å². The summed E-state index contributed by atoms with van der Waals surface area (Å²) in [6, 6.07) is 23.3. The lowest BCUT2D eigenvalue weighted by molar-refractivity contribution is -0.187. The number of hydrogen-bond acceptors (Lipinski definition) is 6. The highest BCUT2D eigenvalue weighted by Crippen LogP contribution is 2.29. The van der Waals surface area contributed by atoms with E-state index in [2.05, 4.69) is 22.3 Å². The summed E-state index contributed by atoms with van der Waals surface area (Å²) in [7, 11) is 5.74. The molecule has 0 bridgehead atoms. The molecule has 4 amide bonds. The lowest BCUT2D eigenvalue weighted by Crippen LogP contribution is -2.76. The molecule has 2 aliphatic heterocycles. The highest BCUT2D eigenvalue weighted by Gasteiger charge is 2.50. The maximum Gasteiger partial charge on any atom is 0.334 e. The van der Waals surface area contributed by atoms with Crippen LogP contribution in [0.4, 0.5) is 4.79 Å². The van der Waals surface area contributed by atoms with E-state index in [9.17, 15) is 19.5 Å². The molecule has 5 rings (SSSR count). The summed E-state index contributed by atoms with van der Waals surface area (Å²) < 4.78 is 0. The van der Waals surface area contributed by atoms with Crippen LogP contribution in [0, 0.1) is 0 Å². The number of nitrogens with one attached hydrogen (secondary N) is 1. The molecule has 0 aromatic heterocycles. The number of fused-ring (bicyclic) bond motifs is 1. The maximum atomic E-state index is 14.1. The van der Waals surface area contributed by atoms with Crippen molar-refractivity contribution in [2.24, 2.45) is 0 Å². The summed E-state index contributed by atoms with van der Waals surface area (Å²) in [5.41, 5.74) is 3.89. The van der Waals surface area contributed by atoms with Gasteiger partial charge >= 0.3 is 6.03 Å². The number of carbonyl (C=O) groups is 3. The van der Waals surface area contributed by atoms with Gasteiger partial charge in [0.1, 0.15) is 18.0 Å². The van der Waals surface area contributed by atoms with Crippen LogP contribution in [-0.2, 0) is 35.6 Å². The Balaban J connectivity index is 1.45. The standard InChI is InChI=1S/C32H38N6O4/c1-34(2)19-25-10-7-11-26(16-25)20-36-21-29-37(28(31(36)41)17-23-12-14-27(39)15-13-23)30(40)22-35(3)38(29)32(42)33-18-24-8-5-4-6-9-24/h4-16,28-29,39H,17-22H2,1-3H3,(H,33,42)/t28-,29?/m0/s1. The van der Waals surface area contributed by atoms with Crippen molar-refractivity contribution in [2.45, 2.75) is 38.3 Å². The lowest BCUT2D eigenvalue weighted by Gasteiger charge is -2.54. The predicted molar refractivity (Wildman–Crippen MR) is 159 cm³/mol. The summed E-state index contributed by atoms with van der Waals surface area (Å²) in [5.74, 6) is -0.248. The zero-order valence-corrected chi connectivity index (χ0v) is 24.3. The zero-order chi connectivity index (χ0) is 29.8. The number of urea groups is 1. The van der Waals surface area contributed by atoms with Crippen LogP contribution < -0.4 is 5.32 Å². The zero-order valence-electron chi connectivity index (χ0n) is 24.3. The van der Waals surface area contributed by atoms with Gasteiger partial charge < -0.3 is 25.1 Å². The number of phenols is 1. The van der Waals surface area contributed by atoms with Gasteiger partial charge in [0.05, 0.1) is 13.1 Å². The van der Waals surface area contributed by atoms with Crippen molar-refractivity contribution in [1.29, 1.82) is 0 Å². The van der Waals surface area contributed by atoms with E-state index >= 15 is 0 Å². The van der Waals surface area contributed by atoms with Gasteiger partial charge in [-0.2, -0.15) is 0 Å². The van der Waals surface area contributed by atoms with E-state index in [0.29, 0.717) is 13.1 Å². The number of likely N-dealkylation sites (N-methyl/N-ethyl adjacent to an activating group) is 1. The maximum absolute atomic E-state index is 14.1. The van der Waals surface area contributed by atoms with Crippen molar-refractivity contribution >= 4 is 17.8 Å². The van der Waals surface area contributed by atoms with Crippen LogP contribution in [0.15, 0.2) is 78.9 Å². The Morgan fingerprint density at radius 2 is 1.62 bits per heavy atom. The molecule has 10 heteroatoms. The van der Waals surface area contributed by atoms with Crippen molar-refractivity contribution in [2.75, 3.05) is 34.2 Å². The number of benzene rings is 3. The van der Waals surface area contributed by atoms with E-state index in [1.165, 1.54) is 0 Å². The first-order chi connectivity index (χ1) is 20.2. The molecule has 2 saturated heterocycles. The van der Waals surface area contributed by atoms with Gasteiger partial charge in [0.15, 0.2) is 0 Å². The first-order valence-electron chi connectivity index (χ1n) is 14.1. The second-order valence-electron chi connectivity index (χ2n) is 11.2. The highest BCUT2D eigenvalue weighted by molar-refractivity contribution is 5.91. The molecule has 42 heavy (non-hydrogen) atoms. The van der Waals surface area contributed by atoms with Crippen molar-refractivity contribution in [3.63, 3.8) is 0 Å². The van der Waals surface area contributed by atoms with Crippen LogP contribution >= 0.6 is 0 Å². The number of rotatable bonds is 8. The Labute approximate surface area is 246 Å². The third-order valence-corrected chi connectivity index (χ3v) is 7.66. The van der Waals surface area contributed by atoms with Crippen molar-refractivity contribution < 1.29 is 19.5 Å². The molecule has 2 heterocycles. The molecule has 0 saturated carbocycles. The molecule has 2 fully saturated rings. The van der Waals surface area contributed by atoms with Gasteiger partial charge in [0, 0.05) is 33.1 Å². The lowest BCUT2D eigenvalue weighted by atomic mass is 9.98. The summed E-state index contributed by atoms with van der Waals surface area (Å²) in [4.78, 5) is 46.6. The Morgan fingerprint density at radius 1 is 0.929 bits per heavy atom. The number of aromatic hydroxyl groups is 1. The summed E-state index contributed by atoms with van der Waals surface area (Å²) in [6.45, 7) is 1.62. The average molecular weight is 571 g/mol. The fourth-order valence-corrected chi connectivity index (χ4v) is 5.77. The van der Waals surface area contributed by atoms with E-state index < -0.39 is 12.2 Å². The smallest absolute Gasteiger partial charge is 0.334 e. The fraction of sp³-hybridized carbons (Fsp3) is 0.344. The Morgan fingerprint density at radius 3 is 2.33 bits per heavy atom. The number of phenolic OH excluding ortho intramolecular Hbond substituents is 1. The van der Waals surface area contributed by atoms with E-state index in [0.717, 1.165) is 28.8 Å². The van der Waals surface area contributed by atoms with E-state index in [-0.39, 0.29) is 43.1 Å². The third-order valence-electron chi connectivity index (χ3n) is 7.66. The first kappa shape index (κ1) is 29.1. The number of carbonyl (C=O) groups excluding carboxylic acids is 3. The van der Waals surface area contributed by atoms with Gasteiger partial charge in [-0.15, -0.1) is 0 Å². The van der Waals surface area contributed by atoms with Crippen LogP contribution in [0.1, 0.15) is 22.3 Å². The minimum absolute atomic E-state index is 0.0266. The van der Waals surface area contributed by atoms with Gasteiger partial charge in [-0.1, -0.05) is 66.7 Å². The molecule has 0 aliphatic carbocycles. The van der Waals surface area contributed by atoms with Crippen molar-refractivity contribution in [3.05, 3.63) is 101 Å². The van der Waals surface area contributed by atoms with Crippen LogP contribution in [-0.4, -0.2) is 94.1 Å². The molecule has 3 aromatic carbocycles. The third kappa shape index (κ3) is 6.56. The quantitative estimate of drug-likeness (QED) is 0.432. The van der Waals surface area contributed by atoms with Crippen molar-refractivity contribution in [3.8, 4) is 5.75 Å². The first-order valence-corrected chi connectivity index (χ1v) is 14.1. The van der Waals surface area contributed by atoms with Gasteiger partial charge in [0.2, 0.25) is 11.8 Å². The molecular weight excluding hydrogens is 532 g/mol. The summed E-state index contributed by atoms with van der Waals surface area (Å²) >= 11 is 0. The Kier molecular flexibility index (Phi) is 8.75. The minimum atomic E-state index is -0.802. The average Bonchev–Trinajstić information content (AvgIpc) is 2.95. The van der Waals surface area contributed by atoms with Crippen molar-refractivity contribution in [1.82, 2.24) is 30.0 Å². The second kappa shape index (κ2) is 12.6. The molecule has 10 nitrogen and oxygen atoms in total. The molecule has 0 spiro atoms. The minimum Gasteiger partial charge on any atom is -0.508 e. The Bertz CT molecular complexity index is 1410. The number of piperazine rings is 1. The van der Waals surface area contributed by atoms with Gasteiger partial charge in [0.25, 0.3) is 0 Å². The molecule has 2 atom stereocenters. The monoisotopic (exact) mass is 570 g/mol. The van der Waals surface area contributed by atoms with Crippen LogP contribution in [0.3, 0.4) is 0 Å². The highest BCUT2D eigenvalue weighted by atomic mass is 16.3. The number of amides is 4. The number of hydrazine groups is 1. The Hall–Kier alpha value is -4.41. The molecule has 2 aliphatic rings. The topological polar surface area (TPSA) is 99.7 Å². The van der Waals surface area contributed by atoms with Gasteiger partial charge in [-0.05, 0) is 48.5 Å². The molecule has 1 unspecified atom stereocenters. The number of nitrogens with zero attached hydrogens (tertiary/aromatic N) is 5. The molecular formula is C32H38N6O4. The fourth-order valence-electron chi connectivity index (χ4n) is 5.77. The van der Waals surface area contributed by atoms with E-state index in [1.54, 1.807) is 51.1 Å². The summed E-state index contributed by atoms with van der Waals surface area (Å²) in [5, 5.41) is 16.0. The SMILES string of the molecule is CN(C)Cc1cccc(CN2CC3N(C(=O)CN(C)N3C(=O)NCc3ccccc3)[C@@H](Cc3ccc(O)cc3)C2=O)c1. The second-order valence-corrected chi connectivity index (χ2v) is 11.2. The van der Waals surface area contributed by atoms with E-state index in [4.69, 9.17) is 0 Å².